The van der Waals surface area contributed by atoms with Crippen LogP contribution in [0, 0.1) is 0 Å². The van der Waals surface area contributed by atoms with E-state index in [9.17, 15) is 14.2 Å². The molecule has 9 heteroatoms. The summed E-state index contributed by atoms with van der Waals surface area (Å²) in [7, 11) is -4.73. The Bertz CT molecular complexity index is 646. The zero-order valence-electron chi connectivity index (χ0n) is 24.1. The molecule has 0 heterocycles. The first kappa shape index (κ1) is 36.8. The van der Waals surface area contributed by atoms with E-state index in [-0.39, 0.29) is 19.4 Å². The molecule has 0 aliphatic rings. The van der Waals surface area contributed by atoms with Crippen LogP contribution in [-0.4, -0.2) is 41.0 Å². The van der Waals surface area contributed by atoms with Gasteiger partial charge in [0.15, 0.2) is 6.10 Å². The number of carbonyl (C=O) groups is 2. The van der Waals surface area contributed by atoms with Crippen LogP contribution in [0.5, 0.6) is 0 Å². The van der Waals surface area contributed by atoms with Crippen LogP contribution in [0.3, 0.4) is 0 Å². The average Bonchev–Trinajstić information content (AvgIpc) is 2.87. The number of ether oxygens (including phenoxy) is 2. The molecule has 1 atom stereocenters. The van der Waals surface area contributed by atoms with Gasteiger partial charge in [-0.3, -0.25) is 14.1 Å². The van der Waals surface area contributed by atoms with Gasteiger partial charge in [0.25, 0.3) is 0 Å². The van der Waals surface area contributed by atoms with E-state index < -0.39 is 32.5 Å². The molecule has 38 heavy (non-hydrogen) atoms. The van der Waals surface area contributed by atoms with Crippen LogP contribution in [0.2, 0.25) is 0 Å². The predicted molar refractivity (Wildman–Crippen MR) is 152 cm³/mol. The van der Waals surface area contributed by atoms with Gasteiger partial charge < -0.3 is 19.3 Å². The summed E-state index contributed by atoms with van der Waals surface area (Å²) in [6, 6.07) is 0. The fourth-order valence-electron chi connectivity index (χ4n) is 4.00. The maximum absolute atomic E-state index is 12.2. The third-order valence-corrected chi connectivity index (χ3v) is 6.77. The molecule has 0 fully saturated rings. The molecule has 0 aliphatic carbocycles. The van der Waals surface area contributed by atoms with Gasteiger partial charge in [-0.1, -0.05) is 109 Å². The molecule has 2 N–H and O–H groups in total. The molecule has 0 aliphatic heterocycles. The van der Waals surface area contributed by atoms with Gasteiger partial charge >= 0.3 is 19.8 Å². The molecule has 0 amide bonds. The molecule has 0 spiro atoms. The second-order valence-electron chi connectivity index (χ2n) is 10.1. The first-order valence-electron chi connectivity index (χ1n) is 15.0. The highest BCUT2D eigenvalue weighted by Crippen LogP contribution is 2.35. The number of allylic oxidation sites excluding steroid dienone is 2. The molecule has 0 unspecified atom stereocenters. The molecule has 224 valence electrons. The van der Waals surface area contributed by atoms with Gasteiger partial charge in [-0.05, 0) is 32.1 Å². The van der Waals surface area contributed by atoms with Crippen LogP contribution in [0.15, 0.2) is 12.2 Å². The number of phosphoric acid groups is 1. The molecule has 0 radical (unpaired) electrons. The van der Waals surface area contributed by atoms with E-state index in [0.29, 0.717) is 12.8 Å². The van der Waals surface area contributed by atoms with Gasteiger partial charge in [0.1, 0.15) is 6.61 Å². The van der Waals surface area contributed by atoms with Crippen molar-refractivity contribution in [1.82, 2.24) is 0 Å². The van der Waals surface area contributed by atoms with E-state index in [1.165, 1.54) is 44.9 Å². The number of carbonyl (C=O) groups excluding carboxylic acids is 2. The lowest BCUT2D eigenvalue weighted by molar-refractivity contribution is -0.161. The minimum atomic E-state index is -4.73. The highest BCUT2D eigenvalue weighted by atomic mass is 31.2. The number of rotatable bonds is 27. The normalized spacial score (nSPS) is 12.6. The Labute approximate surface area is 231 Å². The SMILES string of the molecule is CCCC/C=C/CCCCCCCC(=O)OC[C@H](COP(=O)(O)O)OC(=O)CCCCCCCCCCC. The Morgan fingerprint density at radius 2 is 1.13 bits per heavy atom. The van der Waals surface area contributed by atoms with Crippen LogP contribution in [0.25, 0.3) is 0 Å². The van der Waals surface area contributed by atoms with Crippen molar-refractivity contribution in [3.63, 3.8) is 0 Å². The standard InChI is InChI=1S/C29H55O8P/c1-3-5-7-9-11-13-14-16-17-19-21-23-28(30)35-25-27(26-36-38(32,33)34)37-29(31)24-22-20-18-15-12-10-8-6-4-2/h9,11,27H,3-8,10,12-26H2,1-2H3,(H2,32,33,34)/b11-9+/t27-/m1/s1. The first-order valence-corrected chi connectivity index (χ1v) is 16.5. The van der Waals surface area contributed by atoms with Gasteiger partial charge in [0.05, 0.1) is 6.61 Å². The monoisotopic (exact) mass is 562 g/mol. The van der Waals surface area contributed by atoms with Crippen LogP contribution < -0.4 is 0 Å². The third-order valence-electron chi connectivity index (χ3n) is 6.28. The van der Waals surface area contributed by atoms with Crippen LogP contribution in [0.4, 0.5) is 0 Å². The first-order chi connectivity index (χ1) is 18.3. The van der Waals surface area contributed by atoms with Gasteiger partial charge in [-0.25, -0.2) is 4.57 Å². The van der Waals surface area contributed by atoms with Gasteiger partial charge in [0, 0.05) is 12.8 Å². The Morgan fingerprint density at radius 3 is 1.68 bits per heavy atom. The number of esters is 2. The summed E-state index contributed by atoms with van der Waals surface area (Å²) in [6.45, 7) is 3.57. The Balaban J connectivity index is 4.08. The third kappa shape index (κ3) is 27.8. The Morgan fingerprint density at radius 1 is 0.658 bits per heavy atom. The van der Waals surface area contributed by atoms with Crippen molar-refractivity contribution in [3.05, 3.63) is 12.2 Å². The van der Waals surface area contributed by atoms with Gasteiger partial charge in [-0.2, -0.15) is 0 Å². The van der Waals surface area contributed by atoms with E-state index in [0.717, 1.165) is 57.8 Å². The molecule has 0 saturated carbocycles. The lowest BCUT2D eigenvalue weighted by Gasteiger charge is -2.18. The molecule has 0 aromatic heterocycles. The van der Waals surface area contributed by atoms with E-state index in [1.54, 1.807) is 0 Å². The summed E-state index contributed by atoms with van der Waals surface area (Å²) in [4.78, 5) is 42.2. The van der Waals surface area contributed by atoms with E-state index in [4.69, 9.17) is 19.3 Å². The van der Waals surface area contributed by atoms with Crippen LogP contribution >= 0.6 is 7.82 Å². The molecule has 0 bridgehead atoms. The minimum Gasteiger partial charge on any atom is -0.462 e. The van der Waals surface area contributed by atoms with Crippen molar-refractivity contribution in [2.24, 2.45) is 0 Å². The molecule has 0 rings (SSSR count). The van der Waals surface area contributed by atoms with E-state index in [2.05, 4.69) is 30.5 Å². The summed E-state index contributed by atoms with van der Waals surface area (Å²) < 4.78 is 26.0. The van der Waals surface area contributed by atoms with E-state index in [1.807, 2.05) is 0 Å². The molecular formula is C29H55O8P. The molecule has 0 aromatic carbocycles. The fraction of sp³-hybridized carbons (Fsp3) is 0.862. The summed E-state index contributed by atoms with van der Waals surface area (Å²) in [5.41, 5.74) is 0. The largest absolute Gasteiger partial charge is 0.469 e. The van der Waals surface area contributed by atoms with Crippen molar-refractivity contribution in [3.8, 4) is 0 Å². The fourth-order valence-corrected chi connectivity index (χ4v) is 4.36. The molecule has 0 saturated heterocycles. The van der Waals surface area contributed by atoms with Crippen molar-refractivity contribution >= 4 is 19.8 Å². The smallest absolute Gasteiger partial charge is 0.462 e. The maximum atomic E-state index is 12.2. The quantitative estimate of drug-likeness (QED) is 0.0448. The number of phosphoric ester groups is 1. The second-order valence-corrected chi connectivity index (χ2v) is 11.3. The van der Waals surface area contributed by atoms with Crippen LogP contribution in [0.1, 0.15) is 142 Å². The summed E-state index contributed by atoms with van der Waals surface area (Å²) in [5.74, 6) is -0.900. The summed E-state index contributed by atoms with van der Waals surface area (Å²) >= 11 is 0. The van der Waals surface area contributed by atoms with E-state index >= 15 is 0 Å². The average molecular weight is 563 g/mol. The molecular weight excluding hydrogens is 507 g/mol. The zero-order chi connectivity index (χ0) is 28.3. The Hall–Kier alpha value is -1.21. The highest BCUT2D eigenvalue weighted by molar-refractivity contribution is 7.46. The Kier molecular flexibility index (Phi) is 25.2. The zero-order valence-corrected chi connectivity index (χ0v) is 25.0. The predicted octanol–water partition coefficient (Wildman–Crippen LogP) is 7.95. The van der Waals surface area contributed by atoms with Crippen molar-refractivity contribution in [2.45, 2.75) is 148 Å². The summed E-state index contributed by atoms with van der Waals surface area (Å²) in [6.07, 6.45) is 23.8. The van der Waals surface area contributed by atoms with Gasteiger partial charge in [-0.15, -0.1) is 0 Å². The lowest BCUT2D eigenvalue weighted by Crippen LogP contribution is -2.29. The second kappa shape index (κ2) is 26.0. The highest BCUT2D eigenvalue weighted by Gasteiger charge is 2.22. The van der Waals surface area contributed by atoms with Crippen molar-refractivity contribution in [2.75, 3.05) is 13.2 Å². The number of hydrogen-bond acceptors (Lipinski definition) is 6. The number of hydrogen-bond donors (Lipinski definition) is 2. The lowest BCUT2D eigenvalue weighted by atomic mass is 10.1. The minimum absolute atomic E-state index is 0.213. The molecule has 0 aromatic rings. The van der Waals surface area contributed by atoms with Gasteiger partial charge in [0.2, 0.25) is 0 Å². The number of unbranched alkanes of at least 4 members (excludes halogenated alkanes) is 15. The topological polar surface area (TPSA) is 119 Å². The van der Waals surface area contributed by atoms with Crippen LogP contribution in [-0.2, 0) is 28.2 Å². The summed E-state index contributed by atoms with van der Waals surface area (Å²) in [5, 5.41) is 0. The molecule has 8 nitrogen and oxygen atoms in total. The van der Waals surface area contributed by atoms with Crippen molar-refractivity contribution < 1.29 is 37.9 Å². The maximum Gasteiger partial charge on any atom is 0.469 e. The van der Waals surface area contributed by atoms with Crippen molar-refractivity contribution in [1.29, 1.82) is 0 Å².